The van der Waals surface area contributed by atoms with Gasteiger partial charge in [0.25, 0.3) is 0 Å². The zero-order valence-corrected chi connectivity index (χ0v) is 27.0. The number of nitrogens with two attached hydrogens (primary N) is 1. The maximum absolute atomic E-state index is 13.0. The first-order valence-electron chi connectivity index (χ1n) is 16.3. The lowest BCUT2D eigenvalue weighted by Crippen LogP contribution is -2.56. The molecule has 1 spiro atoms. The molecule has 4 aliphatic rings. The number of benzene rings is 1. The van der Waals surface area contributed by atoms with Crippen molar-refractivity contribution in [3.8, 4) is 0 Å². The summed E-state index contributed by atoms with van der Waals surface area (Å²) in [6.45, 7) is 6.86. The van der Waals surface area contributed by atoms with Gasteiger partial charge in [-0.15, -0.1) is 0 Å². The second-order valence-electron chi connectivity index (χ2n) is 13.6. The number of alkyl carbamates (subject to hydrolysis) is 1. The van der Waals surface area contributed by atoms with Crippen molar-refractivity contribution in [3.63, 3.8) is 0 Å². The van der Waals surface area contributed by atoms with Crippen LogP contribution in [0.1, 0.15) is 71.3 Å². The minimum absolute atomic E-state index is 0.0215. The van der Waals surface area contributed by atoms with Crippen LogP contribution in [0.2, 0.25) is 0 Å². The molecule has 0 radical (unpaired) electrons. The van der Waals surface area contributed by atoms with E-state index in [1.54, 1.807) is 7.11 Å². The van der Waals surface area contributed by atoms with Gasteiger partial charge in [0.05, 0.1) is 31.2 Å². The summed E-state index contributed by atoms with van der Waals surface area (Å²) in [5, 5.41) is 8.66. The van der Waals surface area contributed by atoms with E-state index >= 15 is 0 Å². The first-order chi connectivity index (χ1) is 21.5. The molecule has 3 amide bonds. The van der Waals surface area contributed by atoms with E-state index in [1.807, 2.05) is 30.3 Å². The average molecular weight is 627 g/mol. The molecular weight excluding hydrogens is 576 g/mol. The van der Waals surface area contributed by atoms with Gasteiger partial charge in [-0.05, 0) is 77.7 Å². The Morgan fingerprint density at radius 1 is 1.07 bits per heavy atom. The molecule has 4 unspecified atom stereocenters. The van der Waals surface area contributed by atoms with Crippen molar-refractivity contribution in [1.82, 2.24) is 16.0 Å². The van der Waals surface area contributed by atoms with E-state index < -0.39 is 18.2 Å². The van der Waals surface area contributed by atoms with Crippen LogP contribution in [0.15, 0.2) is 42.0 Å². The van der Waals surface area contributed by atoms with Crippen LogP contribution in [0, 0.1) is 5.92 Å². The van der Waals surface area contributed by atoms with Crippen molar-refractivity contribution in [1.29, 1.82) is 0 Å². The second kappa shape index (κ2) is 14.2. The van der Waals surface area contributed by atoms with E-state index in [4.69, 9.17) is 24.7 Å². The normalized spacial score (nSPS) is 34.2. The molecule has 5 rings (SSSR count). The van der Waals surface area contributed by atoms with Gasteiger partial charge in [-0.25, -0.2) is 4.79 Å². The van der Waals surface area contributed by atoms with Crippen molar-refractivity contribution in [3.05, 3.63) is 47.5 Å². The third kappa shape index (κ3) is 8.24. The number of allylic oxidation sites excluding steroid dienone is 1. The van der Waals surface area contributed by atoms with E-state index in [0.29, 0.717) is 45.1 Å². The van der Waals surface area contributed by atoms with E-state index in [-0.39, 0.29) is 59.8 Å². The zero-order valence-electron chi connectivity index (χ0n) is 27.0. The van der Waals surface area contributed by atoms with Crippen molar-refractivity contribution < 1.29 is 33.3 Å². The number of ether oxygens (including phenoxy) is 4. The Balaban J connectivity index is 1.03. The molecule has 2 saturated carbocycles. The first-order valence-corrected chi connectivity index (χ1v) is 16.3. The molecule has 11 nitrogen and oxygen atoms in total. The summed E-state index contributed by atoms with van der Waals surface area (Å²) in [7, 11) is 1.67. The molecule has 2 aliphatic heterocycles. The summed E-state index contributed by atoms with van der Waals surface area (Å²) >= 11 is 0. The van der Waals surface area contributed by atoms with Crippen molar-refractivity contribution in [2.45, 2.75) is 120 Å². The summed E-state index contributed by atoms with van der Waals surface area (Å²) in [6.07, 6.45) is 6.69. The summed E-state index contributed by atoms with van der Waals surface area (Å²) in [5.41, 5.74) is 7.57. The number of methoxy groups -OCH3 is 1. The third-order valence-corrected chi connectivity index (χ3v) is 9.97. The Bertz CT molecular complexity index is 1230. The van der Waals surface area contributed by atoms with Crippen molar-refractivity contribution >= 4 is 17.9 Å². The maximum atomic E-state index is 13.0. The topological polar surface area (TPSA) is 157 Å². The summed E-state index contributed by atoms with van der Waals surface area (Å²) in [6, 6.07) is 8.74. The van der Waals surface area contributed by atoms with Gasteiger partial charge in [-0.1, -0.05) is 42.0 Å². The van der Waals surface area contributed by atoms with Gasteiger partial charge < -0.3 is 40.6 Å². The number of hydrogen-bond acceptors (Lipinski definition) is 8. The highest BCUT2D eigenvalue weighted by molar-refractivity contribution is 5.87. The van der Waals surface area contributed by atoms with Gasteiger partial charge >= 0.3 is 6.09 Å². The summed E-state index contributed by atoms with van der Waals surface area (Å²) < 4.78 is 24.2. The minimum Gasteiger partial charge on any atom is -0.443 e. The maximum Gasteiger partial charge on any atom is 0.407 e. The standard InChI is InChI=1S/C34H50N4O7/c1-21(2)10-15-27-33(3,45-27)30-29(42-4)26(16-17-34(30)20-43-34)44-32(41)38-24-13-11-23(12-14-24)37-28(39)19-36-31(40)25(35)18-22-8-6-5-7-9-22/h5-10,23-27,29-30H,11-20,35H2,1-4H3,(H,36,40)(H,37,39)(H,38,41)/t23-,24-,25-,26?,27+,29?,30?,33?,34-/m0/s1. The Morgan fingerprint density at radius 3 is 2.36 bits per heavy atom. The monoisotopic (exact) mass is 626 g/mol. The molecule has 45 heavy (non-hydrogen) atoms. The van der Waals surface area contributed by atoms with Crippen molar-refractivity contribution in [2.75, 3.05) is 20.3 Å². The van der Waals surface area contributed by atoms with Crippen LogP contribution in [-0.2, 0) is 35.0 Å². The van der Waals surface area contributed by atoms with E-state index in [0.717, 1.165) is 18.4 Å². The molecule has 0 aromatic heterocycles. The van der Waals surface area contributed by atoms with E-state index in [9.17, 15) is 14.4 Å². The zero-order chi connectivity index (χ0) is 32.2. The molecule has 11 heteroatoms. The highest BCUT2D eigenvalue weighted by Gasteiger charge is 2.72. The van der Waals surface area contributed by atoms with Gasteiger partial charge in [-0.3, -0.25) is 9.59 Å². The van der Waals surface area contributed by atoms with Crippen LogP contribution < -0.4 is 21.7 Å². The number of epoxide rings is 2. The number of carbonyl (C=O) groups excluding carboxylic acids is 3. The molecule has 2 aliphatic carbocycles. The molecule has 5 N–H and O–H groups in total. The van der Waals surface area contributed by atoms with E-state index in [1.165, 1.54) is 5.57 Å². The molecule has 248 valence electrons. The molecule has 7 atom stereocenters. The molecule has 1 aromatic carbocycles. The Morgan fingerprint density at radius 2 is 1.73 bits per heavy atom. The predicted octanol–water partition coefficient (Wildman–Crippen LogP) is 2.90. The van der Waals surface area contributed by atoms with E-state index in [2.05, 4.69) is 42.8 Å². The predicted molar refractivity (Wildman–Crippen MR) is 168 cm³/mol. The van der Waals surface area contributed by atoms with Crippen LogP contribution in [0.3, 0.4) is 0 Å². The summed E-state index contributed by atoms with van der Waals surface area (Å²) in [5.74, 6) is -0.638. The molecule has 1 aromatic rings. The smallest absolute Gasteiger partial charge is 0.407 e. The third-order valence-electron chi connectivity index (χ3n) is 9.97. The van der Waals surface area contributed by atoms with Gasteiger partial charge in [0.2, 0.25) is 11.8 Å². The van der Waals surface area contributed by atoms with Crippen LogP contribution in [0.5, 0.6) is 0 Å². The minimum atomic E-state index is -0.724. The number of amides is 3. The van der Waals surface area contributed by atoms with Crippen molar-refractivity contribution in [2.24, 2.45) is 11.7 Å². The molecule has 2 heterocycles. The van der Waals surface area contributed by atoms with Crippen LogP contribution in [0.25, 0.3) is 0 Å². The first kappa shape index (κ1) is 33.4. The van der Waals surface area contributed by atoms with Crippen LogP contribution >= 0.6 is 0 Å². The van der Waals surface area contributed by atoms with Crippen LogP contribution in [0.4, 0.5) is 4.79 Å². The fourth-order valence-electron chi connectivity index (χ4n) is 7.33. The summed E-state index contributed by atoms with van der Waals surface area (Å²) in [4.78, 5) is 37.9. The Labute approximate surface area is 266 Å². The molecule has 0 bridgehead atoms. The molecule has 4 fully saturated rings. The SMILES string of the molecule is COC1C(OC(=O)N[C@H]2CC[C@H](NC(=O)CNC(=O)[C@@H](N)Cc3ccccc3)CC2)CC[C@]2(CO2)C1C1(C)O[C@@H]1CC=C(C)C. The highest BCUT2D eigenvalue weighted by atomic mass is 16.6. The lowest BCUT2D eigenvalue weighted by molar-refractivity contribution is -0.127. The fourth-order valence-corrected chi connectivity index (χ4v) is 7.33. The van der Waals surface area contributed by atoms with Gasteiger partial charge in [-0.2, -0.15) is 0 Å². The quantitative estimate of drug-likeness (QED) is 0.204. The average Bonchev–Trinajstić information content (AvgIpc) is 3.93. The number of nitrogens with one attached hydrogen (secondary N) is 3. The Kier molecular flexibility index (Phi) is 10.5. The number of carbonyl (C=O) groups is 3. The van der Waals surface area contributed by atoms with Gasteiger partial charge in [0.15, 0.2) is 0 Å². The molecular formula is C34H50N4O7. The fraction of sp³-hybridized carbons (Fsp3) is 0.676. The van der Waals surface area contributed by atoms with Gasteiger partial charge in [0.1, 0.15) is 23.4 Å². The number of rotatable bonds is 12. The van der Waals surface area contributed by atoms with Crippen LogP contribution in [-0.4, -0.2) is 85.8 Å². The number of hydrogen-bond donors (Lipinski definition) is 4. The second-order valence-corrected chi connectivity index (χ2v) is 13.6. The molecule has 2 saturated heterocycles. The Hall–Kier alpha value is -2.99. The largest absolute Gasteiger partial charge is 0.443 e. The lowest BCUT2D eigenvalue weighted by atomic mass is 9.68. The van der Waals surface area contributed by atoms with Gasteiger partial charge in [0, 0.05) is 19.2 Å². The highest BCUT2D eigenvalue weighted by Crippen LogP contribution is 2.59. The lowest BCUT2D eigenvalue weighted by Gasteiger charge is -2.42.